The standard InChI is InChI=1S/C24H36N4O4/c1-4-19(3)28(16-20-6-8-21(9-7-20)31-5-2)17-23-26-22(18-32-23)24(29)25-10-11-27-12-14-30-15-13-27/h6-9,18-19H,4-5,10-17H2,1-3H3,(H,25,29)/t19-/m1/s1. The summed E-state index contributed by atoms with van der Waals surface area (Å²) in [7, 11) is 0. The average molecular weight is 445 g/mol. The van der Waals surface area contributed by atoms with E-state index in [0.29, 0.717) is 37.3 Å². The van der Waals surface area contributed by atoms with E-state index < -0.39 is 0 Å². The number of ether oxygens (including phenoxy) is 2. The minimum absolute atomic E-state index is 0.199. The van der Waals surface area contributed by atoms with Crippen molar-refractivity contribution in [2.24, 2.45) is 0 Å². The highest BCUT2D eigenvalue weighted by Gasteiger charge is 2.19. The van der Waals surface area contributed by atoms with Crippen LogP contribution in [0.15, 0.2) is 34.9 Å². The number of oxazole rings is 1. The molecule has 0 saturated carbocycles. The molecule has 1 amide bonds. The lowest BCUT2D eigenvalue weighted by Crippen LogP contribution is -2.41. The third kappa shape index (κ3) is 7.32. The van der Waals surface area contributed by atoms with E-state index in [9.17, 15) is 4.79 Å². The molecule has 1 N–H and O–H groups in total. The first-order valence-corrected chi connectivity index (χ1v) is 11.6. The second kappa shape index (κ2) is 12.6. The summed E-state index contributed by atoms with van der Waals surface area (Å²) in [6.07, 6.45) is 2.46. The molecule has 176 valence electrons. The lowest BCUT2D eigenvalue weighted by atomic mass is 10.1. The van der Waals surface area contributed by atoms with Crippen LogP contribution < -0.4 is 10.1 Å². The van der Waals surface area contributed by atoms with Gasteiger partial charge in [-0.2, -0.15) is 0 Å². The maximum atomic E-state index is 12.4. The van der Waals surface area contributed by atoms with Crippen molar-refractivity contribution in [3.63, 3.8) is 0 Å². The fraction of sp³-hybridized carbons (Fsp3) is 0.583. The number of amides is 1. The first-order chi connectivity index (χ1) is 15.6. The van der Waals surface area contributed by atoms with E-state index in [1.807, 2.05) is 19.1 Å². The van der Waals surface area contributed by atoms with Crippen LogP contribution in [0.25, 0.3) is 0 Å². The molecule has 1 fully saturated rings. The maximum Gasteiger partial charge on any atom is 0.273 e. The molecule has 32 heavy (non-hydrogen) atoms. The molecule has 1 atom stereocenters. The summed E-state index contributed by atoms with van der Waals surface area (Å²) in [5.74, 6) is 1.23. The summed E-state index contributed by atoms with van der Waals surface area (Å²) < 4.78 is 16.5. The second-order valence-corrected chi connectivity index (χ2v) is 8.08. The van der Waals surface area contributed by atoms with Crippen molar-refractivity contribution in [3.05, 3.63) is 47.7 Å². The van der Waals surface area contributed by atoms with Crippen molar-refractivity contribution >= 4 is 5.91 Å². The Labute approximate surface area is 190 Å². The zero-order chi connectivity index (χ0) is 22.8. The lowest BCUT2D eigenvalue weighted by molar-refractivity contribution is 0.0383. The highest BCUT2D eigenvalue weighted by Crippen LogP contribution is 2.18. The van der Waals surface area contributed by atoms with Gasteiger partial charge < -0.3 is 19.2 Å². The normalized spacial score (nSPS) is 15.6. The van der Waals surface area contributed by atoms with Crippen LogP contribution in [0.3, 0.4) is 0 Å². The van der Waals surface area contributed by atoms with Gasteiger partial charge in [-0.3, -0.25) is 14.6 Å². The van der Waals surface area contributed by atoms with Crippen molar-refractivity contribution in [3.8, 4) is 5.75 Å². The van der Waals surface area contributed by atoms with Crippen LogP contribution in [-0.2, 0) is 17.8 Å². The molecule has 2 heterocycles. The third-order valence-corrected chi connectivity index (χ3v) is 5.77. The van der Waals surface area contributed by atoms with E-state index in [0.717, 1.165) is 51.6 Å². The number of nitrogens with zero attached hydrogens (tertiary/aromatic N) is 3. The van der Waals surface area contributed by atoms with Crippen LogP contribution in [0.2, 0.25) is 0 Å². The topological polar surface area (TPSA) is 80.1 Å². The number of hydrogen-bond donors (Lipinski definition) is 1. The zero-order valence-corrected chi connectivity index (χ0v) is 19.5. The third-order valence-electron chi connectivity index (χ3n) is 5.77. The van der Waals surface area contributed by atoms with Crippen molar-refractivity contribution in [1.29, 1.82) is 0 Å². The first kappa shape index (κ1) is 24.2. The van der Waals surface area contributed by atoms with Crippen molar-refractivity contribution in [2.45, 2.75) is 46.3 Å². The van der Waals surface area contributed by atoms with Crippen LogP contribution in [-0.4, -0.2) is 72.7 Å². The van der Waals surface area contributed by atoms with Gasteiger partial charge in [0.2, 0.25) is 5.89 Å². The second-order valence-electron chi connectivity index (χ2n) is 8.08. The highest BCUT2D eigenvalue weighted by atomic mass is 16.5. The van der Waals surface area contributed by atoms with Crippen molar-refractivity contribution < 1.29 is 18.7 Å². The number of morpholine rings is 1. The molecule has 1 saturated heterocycles. The van der Waals surface area contributed by atoms with Crippen LogP contribution in [0.5, 0.6) is 5.75 Å². The van der Waals surface area contributed by atoms with Gasteiger partial charge in [0.15, 0.2) is 5.69 Å². The number of carbonyl (C=O) groups excluding carboxylic acids is 1. The largest absolute Gasteiger partial charge is 0.494 e. The number of aromatic nitrogens is 1. The highest BCUT2D eigenvalue weighted by molar-refractivity contribution is 5.91. The van der Waals surface area contributed by atoms with Crippen LogP contribution >= 0.6 is 0 Å². The molecule has 1 aromatic carbocycles. The van der Waals surface area contributed by atoms with E-state index in [1.165, 1.54) is 11.8 Å². The number of carbonyl (C=O) groups is 1. The number of nitrogens with one attached hydrogen (secondary N) is 1. The van der Waals surface area contributed by atoms with E-state index in [4.69, 9.17) is 13.9 Å². The summed E-state index contributed by atoms with van der Waals surface area (Å²) >= 11 is 0. The molecule has 0 bridgehead atoms. The molecule has 0 unspecified atom stereocenters. The van der Waals surface area contributed by atoms with Gasteiger partial charge >= 0.3 is 0 Å². The van der Waals surface area contributed by atoms with Crippen LogP contribution in [0, 0.1) is 0 Å². The smallest absolute Gasteiger partial charge is 0.273 e. The van der Waals surface area contributed by atoms with E-state index in [-0.39, 0.29) is 5.91 Å². The van der Waals surface area contributed by atoms with Crippen LogP contribution in [0.1, 0.15) is 49.1 Å². The summed E-state index contributed by atoms with van der Waals surface area (Å²) in [5.41, 5.74) is 1.52. The van der Waals surface area contributed by atoms with Crippen molar-refractivity contribution in [2.75, 3.05) is 46.0 Å². The summed E-state index contributed by atoms with van der Waals surface area (Å²) in [6.45, 7) is 13.0. The Morgan fingerprint density at radius 2 is 1.97 bits per heavy atom. The summed E-state index contributed by atoms with van der Waals surface area (Å²) in [6, 6.07) is 8.52. The Kier molecular flexibility index (Phi) is 9.52. The number of hydrogen-bond acceptors (Lipinski definition) is 7. The van der Waals surface area contributed by atoms with Crippen molar-refractivity contribution in [1.82, 2.24) is 20.1 Å². The molecule has 8 nitrogen and oxygen atoms in total. The molecule has 8 heteroatoms. The van der Waals surface area contributed by atoms with Gasteiger partial charge in [0.05, 0.1) is 26.4 Å². The fourth-order valence-corrected chi connectivity index (χ4v) is 3.62. The molecule has 1 aromatic heterocycles. The molecule has 0 aliphatic carbocycles. The fourth-order valence-electron chi connectivity index (χ4n) is 3.62. The Hall–Kier alpha value is -2.42. The van der Waals surface area contributed by atoms with Gasteiger partial charge in [-0.15, -0.1) is 0 Å². The Bertz CT molecular complexity index is 818. The quantitative estimate of drug-likeness (QED) is 0.539. The van der Waals surface area contributed by atoms with Gasteiger partial charge in [0.25, 0.3) is 5.91 Å². The molecule has 2 aromatic rings. The van der Waals surface area contributed by atoms with E-state index >= 15 is 0 Å². The minimum Gasteiger partial charge on any atom is -0.494 e. The number of rotatable bonds is 12. The zero-order valence-electron chi connectivity index (χ0n) is 19.5. The predicted octanol–water partition coefficient (Wildman–Crippen LogP) is 2.94. The van der Waals surface area contributed by atoms with E-state index in [2.05, 4.69) is 46.1 Å². The van der Waals surface area contributed by atoms with Gasteiger partial charge in [-0.1, -0.05) is 19.1 Å². The summed E-state index contributed by atoms with van der Waals surface area (Å²) in [5, 5.41) is 2.93. The van der Waals surface area contributed by atoms with Crippen LogP contribution in [0.4, 0.5) is 0 Å². The molecule has 0 radical (unpaired) electrons. The Morgan fingerprint density at radius 1 is 1.22 bits per heavy atom. The Morgan fingerprint density at radius 3 is 2.66 bits per heavy atom. The minimum atomic E-state index is -0.199. The first-order valence-electron chi connectivity index (χ1n) is 11.6. The van der Waals surface area contributed by atoms with Gasteiger partial charge in [-0.25, -0.2) is 4.98 Å². The molecule has 0 spiro atoms. The average Bonchev–Trinajstić information content (AvgIpc) is 3.29. The summed E-state index contributed by atoms with van der Waals surface area (Å²) in [4.78, 5) is 21.5. The number of benzene rings is 1. The maximum absolute atomic E-state index is 12.4. The molecule has 1 aliphatic rings. The lowest BCUT2D eigenvalue weighted by Gasteiger charge is -2.27. The monoisotopic (exact) mass is 444 g/mol. The van der Waals surface area contributed by atoms with Gasteiger partial charge in [0.1, 0.15) is 12.0 Å². The molecule has 3 rings (SSSR count). The SMILES string of the molecule is CCOc1ccc(CN(Cc2nc(C(=O)NCCN3CCOCC3)co2)[C@H](C)CC)cc1. The van der Waals surface area contributed by atoms with E-state index in [1.54, 1.807) is 0 Å². The Balaban J connectivity index is 1.53. The molecular weight excluding hydrogens is 408 g/mol. The van der Waals surface area contributed by atoms with Gasteiger partial charge in [0, 0.05) is 38.8 Å². The van der Waals surface area contributed by atoms with Gasteiger partial charge in [-0.05, 0) is 38.0 Å². The predicted molar refractivity (Wildman–Crippen MR) is 123 cm³/mol. The molecular formula is C24H36N4O4. The molecule has 1 aliphatic heterocycles.